The molecule has 4 aliphatic heterocycles. The molecule has 2 unspecified atom stereocenters. The van der Waals surface area contributed by atoms with Crippen molar-refractivity contribution in [2.24, 2.45) is 5.92 Å². The summed E-state index contributed by atoms with van der Waals surface area (Å²) in [7, 11) is 0. The van der Waals surface area contributed by atoms with Crippen molar-refractivity contribution in [3.63, 3.8) is 0 Å². The number of hydrogen-bond acceptors (Lipinski definition) is 6. The Balaban J connectivity index is 1.04. The fourth-order valence-corrected chi connectivity index (χ4v) is 6.95. The van der Waals surface area contributed by atoms with Gasteiger partial charge in [-0.2, -0.15) is 0 Å². The Hall–Kier alpha value is -3.26. The van der Waals surface area contributed by atoms with Gasteiger partial charge < -0.3 is 9.64 Å². The molecule has 2 aromatic rings. The van der Waals surface area contributed by atoms with E-state index in [9.17, 15) is 14.4 Å². The summed E-state index contributed by atoms with van der Waals surface area (Å²) < 4.78 is 6.57. The second kappa shape index (κ2) is 8.13. The monoisotopic (exact) mass is 486 g/mol. The number of carbonyl (C=O) groups is 3. The number of nitrogens with one attached hydrogen (secondary N) is 1. The standard InChI is InChI=1S/C28H30N4O4/c33-25-19-12-28(13-19,27(35)30-25)32-16-18-11-21(5-6-22(18)26(32)34)36-24-4-2-1-3-23(24)31-14-20(15-31)17-7-9-29-10-8-17/h5-11,19-20,23-24H,1-4,12-16H2,(H,30,33,35). The number of aromatic nitrogens is 1. The van der Waals surface area contributed by atoms with E-state index in [1.54, 1.807) is 4.90 Å². The molecule has 1 N–H and O–H groups in total. The molecule has 8 rings (SSSR count). The maximum atomic E-state index is 13.2. The van der Waals surface area contributed by atoms with E-state index in [0.29, 0.717) is 36.9 Å². The second-order valence-electron chi connectivity index (χ2n) is 11.1. The Morgan fingerprint density at radius 2 is 1.75 bits per heavy atom. The first-order valence-corrected chi connectivity index (χ1v) is 13.1. The zero-order valence-corrected chi connectivity index (χ0v) is 20.2. The van der Waals surface area contributed by atoms with Gasteiger partial charge in [0, 0.05) is 55.5 Å². The van der Waals surface area contributed by atoms with Gasteiger partial charge in [0.25, 0.3) is 11.8 Å². The molecule has 8 nitrogen and oxygen atoms in total. The van der Waals surface area contributed by atoms with Crippen LogP contribution in [-0.2, 0) is 16.1 Å². The molecule has 8 heteroatoms. The summed E-state index contributed by atoms with van der Waals surface area (Å²) in [6.07, 6.45) is 9.29. The number of imide groups is 1. The number of benzene rings is 1. The largest absolute Gasteiger partial charge is 0.489 e. The zero-order chi connectivity index (χ0) is 24.4. The van der Waals surface area contributed by atoms with Crippen LogP contribution < -0.4 is 10.1 Å². The Bertz CT molecular complexity index is 1240. The highest BCUT2D eigenvalue weighted by molar-refractivity contribution is 6.10. The molecule has 2 atom stereocenters. The van der Waals surface area contributed by atoms with Gasteiger partial charge in [-0.25, -0.2) is 0 Å². The quantitative estimate of drug-likeness (QED) is 0.654. The van der Waals surface area contributed by atoms with Crippen LogP contribution in [0.2, 0.25) is 0 Å². The van der Waals surface area contributed by atoms with Crippen molar-refractivity contribution in [1.29, 1.82) is 0 Å². The van der Waals surface area contributed by atoms with Crippen molar-refractivity contribution < 1.29 is 19.1 Å². The Kier molecular flexibility index (Phi) is 4.96. The zero-order valence-electron chi connectivity index (χ0n) is 20.2. The Morgan fingerprint density at radius 1 is 0.972 bits per heavy atom. The third kappa shape index (κ3) is 3.30. The summed E-state index contributed by atoms with van der Waals surface area (Å²) in [5.41, 5.74) is 2.00. The van der Waals surface area contributed by atoms with Gasteiger partial charge in [-0.3, -0.25) is 29.6 Å². The average molecular weight is 487 g/mol. The van der Waals surface area contributed by atoms with E-state index in [4.69, 9.17) is 4.74 Å². The Labute approximate surface area is 210 Å². The summed E-state index contributed by atoms with van der Waals surface area (Å²) >= 11 is 0. The van der Waals surface area contributed by atoms with Gasteiger partial charge in [-0.15, -0.1) is 0 Å². The molecule has 3 amide bonds. The molecule has 2 aliphatic carbocycles. The number of likely N-dealkylation sites (tertiary alicyclic amines) is 1. The number of fused-ring (bicyclic) bond motifs is 3. The first kappa shape index (κ1) is 22.0. The minimum Gasteiger partial charge on any atom is -0.489 e. The van der Waals surface area contributed by atoms with Crippen LogP contribution in [-0.4, -0.2) is 63.3 Å². The molecule has 1 aromatic carbocycles. The normalized spacial score (nSPS) is 31.9. The maximum absolute atomic E-state index is 13.2. The molecule has 2 bridgehead atoms. The first-order valence-electron chi connectivity index (χ1n) is 13.1. The molecular formula is C28H30N4O4. The fourth-order valence-electron chi connectivity index (χ4n) is 6.95. The van der Waals surface area contributed by atoms with Crippen LogP contribution in [0.3, 0.4) is 0 Å². The highest BCUT2D eigenvalue weighted by Gasteiger charge is 2.63. The van der Waals surface area contributed by atoms with E-state index in [-0.39, 0.29) is 29.7 Å². The van der Waals surface area contributed by atoms with Gasteiger partial charge in [-0.05, 0) is 73.6 Å². The minimum absolute atomic E-state index is 0.127. The summed E-state index contributed by atoms with van der Waals surface area (Å²) in [5.74, 6) is 0.512. The smallest absolute Gasteiger partial charge is 0.255 e. The predicted octanol–water partition coefficient (Wildman–Crippen LogP) is 2.63. The van der Waals surface area contributed by atoms with Crippen LogP contribution in [0.1, 0.15) is 65.9 Å². The van der Waals surface area contributed by atoms with E-state index in [2.05, 4.69) is 27.3 Å². The Morgan fingerprint density at radius 3 is 2.53 bits per heavy atom. The summed E-state index contributed by atoms with van der Waals surface area (Å²) in [6.45, 7) is 2.49. The van der Waals surface area contributed by atoms with Crippen LogP contribution >= 0.6 is 0 Å². The van der Waals surface area contributed by atoms with Crippen LogP contribution in [0.25, 0.3) is 0 Å². The number of amides is 3. The summed E-state index contributed by atoms with van der Waals surface area (Å²) in [4.78, 5) is 46.1. The van der Waals surface area contributed by atoms with Crippen LogP contribution in [0.5, 0.6) is 5.75 Å². The van der Waals surface area contributed by atoms with Gasteiger partial charge in [0.05, 0.1) is 0 Å². The molecule has 186 valence electrons. The van der Waals surface area contributed by atoms with Gasteiger partial charge in [0.1, 0.15) is 17.4 Å². The fraction of sp³-hybridized carbons (Fsp3) is 0.500. The summed E-state index contributed by atoms with van der Waals surface area (Å²) in [6, 6.07) is 10.3. The van der Waals surface area contributed by atoms with Gasteiger partial charge in [0.2, 0.25) is 5.91 Å². The predicted molar refractivity (Wildman–Crippen MR) is 130 cm³/mol. The van der Waals surface area contributed by atoms with E-state index in [1.165, 1.54) is 12.0 Å². The molecule has 36 heavy (non-hydrogen) atoms. The molecule has 5 fully saturated rings. The average Bonchev–Trinajstić information content (AvgIpc) is 3.15. The van der Waals surface area contributed by atoms with Crippen LogP contribution in [0.4, 0.5) is 0 Å². The summed E-state index contributed by atoms with van der Waals surface area (Å²) in [5, 5.41) is 2.45. The minimum atomic E-state index is -0.882. The van der Waals surface area contributed by atoms with Gasteiger partial charge in [-0.1, -0.05) is 6.42 Å². The molecular weight excluding hydrogens is 456 g/mol. The van der Waals surface area contributed by atoms with E-state index >= 15 is 0 Å². The molecule has 6 aliphatic rings. The van der Waals surface area contributed by atoms with Crippen molar-refractivity contribution in [2.45, 2.75) is 68.7 Å². The number of rotatable bonds is 5. The molecule has 3 saturated heterocycles. The lowest BCUT2D eigenvalue weighted by Gasteiger charge is -2.53. The van der Waals surface area contributed by atoms with Crippen LogP contribution in [0.15, 0.2) is 42.7 Å². The van der Waals surface area contributed by atoms with Crippen molar-refractivity contribution >= 4 is 17.7 Å². The topological polar surface area (TPSA) is 91.8 Å². The lowest BCUT2D eigenvalue weighted by atomic mass is 9.63. The number of hydrogen-bond donors (Lipinski definition) is 1. The van der Waals surface area contributed by atoms with Crippen molar-refractivity contribution in [1.82, 2.24) is 20.1 Å². The number of piperidine rings is 2. The first-order chi connectivity index (χ1) is 17.5. The molecule has 0 spiro atoms. The third-order valence-electron chi connectivity index (χ3n) is 9.11. The SMILES string of the molecule is O=C1NC(=O)C2(N3Cc4cc(OC5CCCCC5N5CC(c6ccncc6)C5)ccc4C3=O)CC1C2. The van der Waals surface area contributed by atoms with Crippen molar-refractivity contribution in [2.75, 3.05) is 13.1 Å². The van der Waals surface area contributed by atoms with Crippen molar-refractivity contribution in [3.05, 3.63) is 59.4 Å². The van der Waals surface area contributed by atoms with E-state index in [1.807, 2.05) is 30.6 Å². The van der Waals surface area contributed by atoms with Gasteiger partial charge >= 0.3 is 0 Å². The number of ether oxygens (including phenoxy) is 1. The number of nitrogens with zero attached hydrogens (tertiary/aromatic N) is 3. The van der Waals surface area contributed by atoms with E-state index < -0.39 is 5.54 Å². The van der Waals surface area contributed by atoms with Crippen molar-refractivity contribution in [3.8, 4) is 5.75 Å². The molecule has 2 saturated carbocycles. The van der Waals surface area contributed by atoms with Gasteiger partial charge in [0.15, 0.2) is 0 Å². The lowest BCUT2D eigenvalue weighted by Crippen LogP contribution is -2.73. The lowest BCUT2D eigenvalue weighted by molar-refractivity contribution is -0.160. The highest BCUT2D eigenvalue weighted by atomic mass is 16.5. The molecule has 5 heterocycles. The highest BCUT2D eigenvalue weighted by Crippen LogP contribution is 2.49. The maximum Gasteiger partial charge on any atom is 0.255 e. The number of carbonyl (C=O) groups excluding carboxylic acids is 3. The third-order valence-corrected chi connectivity index (χ3v) is 9.11. The second-order valence-corrected chi connectivity index (χ2v) is 11.1. The van der Waals surface area contributed by atoms with Crippen LogP contribution in [0, 0.1) is 5.92 Å². The molecule has 0 radical (unpaired) electrons. The molecule has 1 aromatic heterocycles. The van der Waals surface area contributed by atoms with E-state index in [0.717, 1.165) is 43.7 Å². The number of pyridine rings is 1.